The van der Waals surface area contributed by atoms with E-state index in [9.17, 15) is 13.6 Å². The topological polar surface area (TPSA) is 41.1 Å². The van der Waals surface area contributed by atoms with Crippen molar-refractivity contribution in [1.29, 1.82) is 0 Å². The fourth-order valence-electron chi connectivity index (χ4n) is 1.92. The van der Waals surface area contributed by atoms with Crippen LogP contribution >= 0.6 is 0 Å². The Morgan fingerprint density at radius 1 is 1.10 bits per heavy atom. The standard InChI is InChI=1S/C16H16F2N2O/c1-2-19-10-11-6-3-4-9-14(11)20-16(21)12-7-5-8-13(17)15(12)18/h3-9,19H,2,10H2,1H3,(H,20,21). The van der Waals surface area contributed by atoms with Gasteiger partial charge in [0.1, 0.15) is 0 Å². The maximum absolute atomic E-state index is 13.6. The van der Waals surface area contributed by atoms with Crippen molar-refractivity contribution in [1.82, 2.24) is 5.32 Å². The summed E-state index contributed by atoms with van der Waals surface area (Å²) in [6, 6.07) is 10.7. The molecule has 110 valence electrons. The van der Waals surface area contributed by atoms with Gasteiger partial charge in [0.2, 0.25) is 0 Å². The van der Waals surface area contributed by atoms with Crippen molar-refractivity contribution < 1.29 is 13.6 Å². The van der Waals surface area contributed by atoms with Crippen molar-refractivity contribution in [2.24, 2.45) is 0 Å². The summed E-state index contributed by atoms with van der Waals surface area (Å²) in [5.41, 5.74) is 1.14. The van der Waals surface area contributed by atoms with E-state index < -0.39 is 17.5 Å². The van der Waals surface area contributed by atoms with Crippen LogP contribution in [-0.4, -0.2) is 12.5 Å². The molecule has 0 heterocycles. The van der Waals surface area contributed by atoms with E-state index in [2.05, 4.69) is 10.6 Å². The van der Waals surface area contributed by atoms with Gasteiger partial charge in [-0.15, -0.1) is 0 Å². The number of amides is 1. The van der Waals surface area contributed by atoms with Crippen LogP contribution in [0.5, 0.6) is 0 Å². The Kier molecular flexibility index (Phi) is 5.00. The zero-order valence-electron chi connectivity index (χ0n) is 11.6. The van der Waals surface area contributed by atoms with E-state index >= 15 is 0 Å². The molecule has 0 aliphatic rings. The van der Waals surface area contributed by atoms with Crippen molar-refractivity contribution in [2.45, 2.75) is 13.5 Å². The Morgan fingerprint density at radius 2 is 1.86 bits per heavy atom. The Labute approximate surface area is 122 Å². The second-order valence-corrected chi connectivity index (χ2v) is 4.49. The summed E-state index contributed by atoms with van der Waals surface area (Å²) < 4.78 is 26.8. The monoisotopic (exact) mass is 290 g/mol. The molecule has 0 aliphatic carbocycles. The van der Waals surface area contributed by atoms with E-state index in [4.69, 9.17) is 0 Å². The Morgan fingerprint density at radius 3 is 2.62 bits per heavy atom. The third-order valence-corrected chi connectivity index (χ3v) is 3.03. The average molecular weight is 290 g/mol. The number of rotatable bonds is 5. The van der Waals surface area contributed by atoms with Crippen molar-refractivity contribution in [3.63, 3.8) is 0 Å². The van der Waals surface area contributed by atoms with Gasteiger partial charge < -0.3 is 10.6 Å². The van der Waals surface area contributed by atoms with Crippen LogP contribution in [0.25, 0.3) is 0 Å². The quantitative estimate of drug-likeness (QED) is 0.887. The lowest BCUT2D eigenvalue weighted by atomic mass is 10.1. The van der Waals surface area contributed by atoms with Crippen LogP contribution in [0.4, 0.5) is 14.5 Å². The molecule has 2 aromatic carbocycles. The molecular formula is C16H16F2N2O. The molecule has 2 aromatic rings. The minimum absolute atomic E-state index is 0.312. The summed E-state index contributed by atoms with van der Waals surface area (Å²) in [5, 5.41) is 5.77. The lowest BCUT2D eigenvalue weighted by molar-refractivity contribution is 0.102. The highest BCUT2D eigenvalue weighted by Gasteiger charge is 2.16. The Hall–Kier alpha value is -2.27. The van der Waals surface area contributed by atoms with Gasteiger partial charge in [-0.2, -0.15) is 0 Å². The fourth-order valence-corrected chi connectivity index (χ4v) is 1.92. The first kappa shape index (κ1) is 15.1. The molecule has 21 heavy (non-hydrogen) atoms. The first-order chi connectivity index (χ1) is 10.1. The highest BCUT2D eigenvalue weighted by atomic mass is 19.2. The van der Waals surface area contributed by atoms with Gasteiger partial charge >= 0.3 is 0 Å². The summed E-state index contributed by atoms with van der Waals surface area (Å²) in [7, 11) is 0. The molecule has 0 aromatic heterocycles. The average Bonchev–Trinajstić information content (AvgIpc) is 2.49. The molecule has 2 N–H and O–H groups in total. The molecule has 3 nitrogen and oxygen atoms in total. The lowest BCUT2D eigenvalue weighted by Gasteiger charge is -2.11. The molecule has 0 unspecified atom stereocenters. The summed E-state index contributed by atoms with van der Waals surface area (Å²) >= 11 is 0. The van der Waals surface area contributed by atoms with Gasteiger partial charge in [-0.25, -0.2) is 8.78 Å². The van der Waals surface area contributed by atoms with Crippen molar-refractivity contribution in [3.05, 3.63) is 65.2 Å². The number of nitrogens with one attached hydrogen (secondary N) is 2. The summed E-state index contributed by atoms with van der Waals surface area (Å²) in [5.74, 6) is -2.85. The molecule has 0 spiro atoms. The number of hydrogen-bond donors (Lipinski definition) is 2. The summed E-state index contributed by atoms with van der Waals surface area (Å²) in [6.07, 6.45) is 0. The number of carbonyl (C=O) groups excluding carboxylic acids is 1. The minimum atomic E-state index is -1.14. The maximum atomic E-state index is 13.6. The van der Waals surface area contributed by atoms with Gasteiger partial charge in [0.05, 0.1) is 5.56 Å². The van der Waals surface area contributed by atoms with Crippen molar-refractivity contribution in [3.8, 4) is 0 Å². The molecule has 1 amide bonds. The normalized spacial score (nSPS) is 10.4. The zero-order valence-corrected chi connectivity index (χ0v) is 11.6. The first-order valence-electron chi connectivity index (χ1n) is 6.67. The van der Waals surface area contributed by atoms with Gasteiger partial charge in [0, 0.05) is 12.2 Å². The van der Waals surface area contributed by atoms with Crippen LogP contribution in [-0.2, 0) is 6.54 Å². The molecule has 0 fully saturated rings. The van der Waals surface area contributed by atoms with Crippen molar-refractivity contribution in [2.75, 3.05) is 11.9 Å². The molecule has 0 saturated heterocycles. The molecule has 2 rings (SSSR count). The van der Waals surface area contributed by atoms with E-state index in [1.54, 1.807) is 12.1 Å². The molecule has 0 saturated carbocycles. The van der Waals surface area contributed by atoms with Crippen molar-refractivity contribution >= 4 is 11.6 Å². The number of halogens is 2. The smallest absolute Gasteiger partial charge is 0.258 e. The second-order valence-electron chi connectivity index (χ2n) is 4.49. The van der Waals surface area contributed by atoms with Crippen LogP contribution in [0.1, 0.15) is 22.8 Å². The number of para-hydroxylation sites is 1. The van der Waals surface area contributed by atoms with Crippen LogP contribution in [0.2, 0.25) is 0 Å². The first-order valence-corrected chi connectivity index (χ1v) is 6.67. The van der Waals surface area contributed by atoms with Gasteiger partial charge in [-0.1, -0.05) is 31.2 Å². The van der Waals surface area contributed by atoms with Gasteiger partial charge in [-0.3, -0.25) is 4.79 Å². The highest BCUT2D eigenvalue weighted by molar-refractivity contribution is 6.04. The van der Waals surface area contributed by atoms with E-state index in [-0.39, 0.29) is 5.56 Å². The molecule has 0 bridgehead atoms. The predicted octanol–water partition coefficient (Wildman–Crippen LogP) is 3.33. The lowest BCUT2D eigenvalue weighted by Crippen LogP contribution is -2.18. The third kappa shape index (κ3) is 3.64. The number of carbonyl (C=O) groups is 1. The van der Waals surface area contributed by atoms with Crippen LogP contribution < -0.4 is 10.6 Å². The second kappa shape index (κ2) is 6.95. The zero-order chi connectivity index (χ0) is 15.2. The molecule has 5 heteroatoms. The fraction of sp³-hybridized carbons (Fsp3) is 0.188. The third-order valence-electron chi connectivity index (χ3n) is 3.03. The van der Waals surface area contributed by atoms with E-state index in [0.717, 1.165) is 18.2 Å². The largest absolute Gasteiger partial charge is 0.322 e. The molecule has 0 atom stereocenters. The van der Waals surface area contributed by atoms with Crippen LogP contribution in [0.15, 0.2) is 42.5 Å². The predicted molar refractivity (Wildman–Crippen MR) is 78.1 cm³/mol. The SMILES string of the molecule is CCNCc1ccccc1NC(=O)c1cccc(F)c1F. The highest BCUT2D eigenvalue weighted by Crippen LogP contribution is 2.18. The minimum Gasteiger partial charge on any atom is -0.322 e. The summed E-state index contributed by atoms with van der Waals surface area (Å²) in [6.45, 7) is 3.35. The van der Waals surface area contributed by atoms with E-state index in [1.807, 2.05) is 19.1 Å². The van der Waals surface area contributed by atoms with Gasteiger partial charge in [0.25, 0.3) is 5.91 Å². The summed E-state index contributed by atoms with van der Waals surface area (Å²) in [4.78, 5) is 12.1. The number of hydrogen-bond acceptors (Lipinski definition) is 2. The molecular weight excluding hydrogens is 274 g/mol. The van der Waals surface area contributed by atoms with E-state index in [1.165, 1.54) is 12.1 Å². The Balaban J connectivity index is 2.22. The number of benzene rings is 2. The van der Waals surface area contributed by atoms with E-state index in [0.29, 0.717) is 12.2 Å². The number of anilines is 1. The van der Waals surface area contributed by atoms with Gasteiger partial charge in [0.15, 0.2) is 11.6 Å². The molecule has 0 aliphatic heterocycles. The maximum Gasteiger partial charge on any atom is 0.258 e. The molecule has 0 radical (unpaired) electrons. The van der Waals surface area contributed by atoms with Crippen LogP contribution in [0, 0.1) is 11.6 Å². The van der Waals surface area contributed by atoms with Crippen LogP contribution in [0.3, 0.4) is 0 Å². The Bertz CT molecular complexity index is 644. The van der Waals surface area contributed by atoms with Gasteiger partial charge in [-0.05, 0) is 30.3 Å².